The van der Waals surface area contributed by atoms with Gasteiger partial charge in [0, 0.05) is 0 Å². The van der Waals surface area contributed by atoms with E-state index in [1.54, 1.807) is 11.1 Å². The van der Waals surface area contributed by atoms with E-state index >= 15 is 0 Å². The molecule has 0 aliphatic carbocycles. The van der Waals surface area contributed by atoms with Crippen LogP contribution in [0.4, 0.5) is 0 Å². The first-order valence-electron chi connectivity index (χ1n) is 14.3. The summed E-state index contributed by atoms with van der Waals surface area (Å²) in [5.41, 5.74) is 5.92. The van der Waals surface area contributed by atoms with Crippen LogP contribution in [0.25, 0.3) is 32.3 Å². The van der Waals surface area contributed by atoms with Crippen molar-refractivity contribution in [1.82, 2.24) is 0 Å². The Bertz CT molecular complexity index is 1100. The Morgan fingerprint density at radius 1 is 0.441 bits per heavy atom. The summed E-state index contributed by atoms with van der Waals surface area (Å²) in [6.07, 6.45) is 18.7. The van der Waals surface area contributed by atoms with Gasteiger partial charge in [0.2, 0.25) is 0 Å². The maximum absolute atomic E-state index is 2.54. The normalized spacial score (nSPS) is 12.0. The second-order valence-electron chi connectivity index (χ2n) is 10.9. The average molecular weight is 455 g/mol. The van der Waals surface area contributed by atoms with Crippen LogP contribution >= 0.6 is 0 Å². The number of hydrogen-bond acceptors (Lipinski definition) is 0. The van der Waals surface area contributed by atoms with Crippen LogP contribution in [0.1, 0.15) is 113 Å². The highest BCUT2D eigenvalue weighted by Crippen LogP contribution is 2.40. The number of unbranched alkanes of at least 4 members (excludes halogenated alkanes) is 10. The van der Waals surface area contributed by atoms with Crippen LogP contribution < -0.4 is 0 Å². The zero-order valence-electron chi connectivity index (χ0n) is 22.4. The second-order valence-corrected chi connectivity index (χ2v) is 10.9. The molecule has 0 fully saturated rings. The monoisotopic (exact) mass is 454 g/mol. The maximum atomic E-state index is 2.54. The van der Waals surface area contributed by atoms with Gasteiger partial charge in [-0.3, -0.25) is 0 Å². The Kier molecular flexibility index (Phi) is 8.87. The molecule has 0 N–H and O–H groups in total. The first kappa shape index (κ1) is 25.0. The molecule has 0 radical (unpaired) electrons. The van der Waals surface area contributed by atoms with E-state index < -0.39 is 0 Å². The molecule has 4 rings (SSSR count). The Morgan fingerprint density at radius 2 is 0.824 bits per heavy atom. The number of benzene rings is 4. The van der Waals surface area contributed by atoms with Gasteiger partial charge in [-0.05, 0) is 94.1 Å². The zero-order chi connectivity index (χ0) is 23.9. The van der Waals surface area contributed by atoms with Crippen LogP contribution in [-0.4, -0.2) is 0 Å². The van der Waals surface area contributed by atoms with Crippen molar-refractivity contribution in [3.05, 3.63) is 58.7 Å². The Morgan fingerprint density at radius 3 is 1.24 bits per heavy atom. The molecule has 4 aromatic carbocycles. The standard InChI is InChI=1S/C34H46/c1-5-7-9-11-13-15-17-27-23-29-19-26(4)22-32-28(18-16-14-12-10-8-6-2)24-30-20-25(3)21-31(27)33(30)34(29)32/h19-24H,5-18H2,1-4H3. The van der Waals surface area contributed by atoms with Crippen molar-refractivity contribution < 1.29 is 0 Å². The highest BCUT2D eigenvalue weighted by molar-refractivity contribution is 6.25. The average Bonchev–Trinajstić information content (AvgIpc) is 2.81. The molecule has 0 heterocycles. The van der Waals surface area contributed by atoms with Crippen LogP contribution in [0.3, 0.4) is 0 Å². The van der Waals surface area contributed by atoms with E-state index in [1.807, 2.05) is 0 Å². The lowest BCUT2D eigenvalue weighted by atomic mass is 9.85. The van der Waals surface area contributed by atoms with Crippen LogP contribution in [0.15, 0.2) is 36.4 Å². The van der Waals surface area contributed by atoms with E-state index in [4.69, 9.17) is 0 Å². The first-order chi connectivity index (χ1) is 16.6. The molecule has 0 nitrogen and oxygen atoms in total. The minimum atomic E-state index is 1.21. The smallest absolute Gasteiger partial charge is 0.00236 e. The van der Waals surface area contributed by atoms with Gasteiger partial charge >= 0.3 is 0 Å². The third-order valence-electron chi connectivity index (χ3n) is 7.83. The summed E-state index contributed by atoms with van der Waals surface area (Å²) in [4.78, 5) is 0. The molecule has 0 unspecified atom stereocenters. The van der Waals surface area contributed by atoms with Crippen LogP contribution in [0, 0.1) is 13.8 Å². The largest absolute Gasteiger partial charge is 0.0654 e. The molecule has 0 aliphatic heterocycles. The van der Waals surface area contributed by atoms with Crippen molar-refractivity contribution in [3.8, 4) is 0 Å². The summed E-state index contributed by atoms with van der Waals surface area (Å²) >= 11 is 0. The minimum absolute atomic E-state index is 1.21. The van der Waals surface area contributed by atoms with Crippen molar-refractivity contribution >= 4 is 32.3 Å². The summed E-state index contributed by atoms with van der Waals surface area (Å²) in [7, 11) is 0. The van der Waals surface area contributed by atoms with Crippen LogP contribution in [0.5, 0.6) is 0 Å². The first-order valence-corrected chi connectivity index (χ1v) is 14.3. The molecule has 34 heavy (non-hydrogen) atoms. The molecule has 0 aromatic heterocycles. The SMILES string of the molecule is CCCCCCCCc1cc2cc(C)cc3c(CCCCCCCC)cc4cc(C)cc1c4c23. The van der Waals surface area contributed by atoms with Gasteiger partial charge in [-0.25, -0.2) is 0 Å². The van der Waals surface area contributed by atoms with E-state index in [0.29, 0.717) is 0 Å². The number of hydrogen-bond donors (Lipinski definition) is 0. The summed E-state index contributed by atoms with van der Waals surface area (Å²) in [6, 6.07) is 14.9. The van der Waals surface area contributed by atoms with E-state index in [0.717, 1.165) is 0 Å². The molecule has 0 spiro atoms. The topological polar surface area (TPSA) is 0 Å². The summed E-state index contributed by atoms with van der Waals surface area (Å²) < 4.78 is 0. The fourth-order valence-corrected chi connectivity index (χ4v) is 6.06. The third-order valence-corrected chi connectivity index (χ3v) is 7.83. The maximum Gasteiger partial charge on any atom is -0.00236 e. The summed E-state index contributed by atoms with van der Waals surface area (Å²) in [6.45, 7) is 9.16. The third kappa shape index (κ3) is 5.76. The molecular formula is C34H46. The van der Waals surface area contributed by atoms with Gasteiger partial charge in [-0.2, -0.15) is 0 Å². The molecule has 0 saturated heterocycles. The number of aryl methyl sites for hydroxylation is 4. The summed E-state index contributed by atoms with van der Waals surface area (Å²) in [5, 5.41) is 8.98. The van der Waals surface area contributed by atoms with Crippen molar-refractivity contribution in [2.24, 2.45) is 0 Å². The molecule has 0 aliphatic rings. The molecule has 0 heteroatoms. The lowest BCUT2D eigenvalue weighted by molar-refractivity contribution is 0.608. The fraction of sp³-hybridized carbons (Fsp3) is 0.529. The van der Waals surface area contributed by atoms with Gasteiger partial charge in [-0.1, -0.05) is 114 Å². The van der Waals surface area contributed by atoms with E-state index in [1.165, 1.54) is 133 Å². The Balaban J connectivity index is 1.67. The molecule has 0 atom stereocenters. The Hall–Kier alpha value is -2.08. The van der Waals surface area contributed by atoms with Gasteiger partial charge in [0.15, 0.2) is 0 Å². The van der Waals surface area contributed by atoms with E-state index in [9.17, 15) is 0 Å². The van der Waals surface area contributed by atoms with Gasteiger partial charge < -0.3 is 0 Å². The van der Waals surface area contributed by atoms with Crippen LogP contribution in [-0.2, 0) is 12.8 Å². The van der Waals surface area contributed by atoms with Crippen molar-refractivity contribution in [3.63, 3.8) is 0 Å². The molecule has 182 valence electrons. The lowest BCUT2D eigenvalue weighted by Gasteiger charge is -2.19. The van der Waals surface area contributed by atoms with Crippen molar-refractivity contribution in [2.75, 3.05) is 0 Å². The Labute approximate surface area is 208 Å². The zero-order valence-corrected chi connectivity index (χ0v) is 22.4. The summed E-state index contributed by atoms with van der Waals surface area (Å²) in [5.74, 6) is 0. The second kappa shape index (κ2) is 12.1. The molecule has 0 saturated carbocycles. The van der Waals surface area contributed by atoms with Gasteiger partial charge in [0.05, 0.1) is 0 Å². The predicted molar refractivity (Wildman–Crippen MR) is 154 cm³/mol. The van der Waals surface area contributed by atoms with E-state index in [-0.39, 0.29) is 0 Å². The van der Waals surface area contributed by atoms with Gasteiger partial charge in [0.25, 0.3) is 0 Å². The van der Waals surface area contributed by atoms with Crippen molar-refractivity contribution in [2.45, 2.75) is 118 Å². The van der Waals surface area contributed by atoms with Gasteiger partial charge in [-0.15, -0.1) is 0 Å². The van der Waals surface area contributed by atoms with Crippen LogP contribution in [0.2, 0.25) is 0 Å². The van der Waals surface area contributed by atoms with E-state index in [2.05, 4.69) is 64.1 Å². The van der Waals surface area contributed by atoms with Gasteiger partial charge in [0.1, 0.15) is 0 Å². The molecule has 0 bridgehead atoms. The molecule has 4 aromatic rings. The highest BCUT2D eigenvalue weighted by atomic mass is 14.2. The predicted octanol–water partition coefficient (Wildman–Crippen LogP) is 11.0. The quantitative estimate of drug-likeness (QED) is 0.131. The lowest BCUT2D eigenvalue weighted by Crippen LogP contribution is -1.97. The molecular weight excluding hydrogens is 408 g/mol. The minimum Gasteiger partial charge on any atom is -0.0654 e. The molecule has 0 amide bonds. The number of rotatable bonds is 14. The van der Waals surface area contributed by atoms with Crippen molar-refractivity contribution in [1.29, 1.82) is 0 Å². The fourth-order valence-electron chi connectivity index (χ4n) is 6.06. The highest BCUT2D eigenvalue weighted by Gasteiger charge is 2.16.